The minimum Gasteiger partial charge on any atom is -0.444 e. The average Bonchev–Trinajstić information content (AvgIpc) is 3.47. The Balaban J connectivity index is 0.594. The number of nitrogens with two attached hydrogens (primary N) is 2. The summed E-state index contributed by atoms with van der Waals surface area (Å²) in [5, 5.41) is 10.5. The number of nitrogens with zero attached hydrogens (tertiary/aromatic N) is 2. The lowest BCUT2D eigenvalue weighted by Gasteiger charge is -2.25. The number of benzene rings is 8. The number of ether oxygens (including phenoxy) is 2. The quantitative estimate of drug-likeness (QED) is 0.0347. The molecule has 8 aromatic rings. The minimum atomic E-state index is -0.477. The van der Waals surface area contributed by atoms with Crippen molar-refractivity contribution in [3.8, 4) is 0 Å². The summed E-state index contributed by atoms with van der Waals surface area (Å²) in [6.07, 6.45) is 12.1. The number of amides is 2. The number of quaternary nitrogens is 2. The number of hydrogen-bond donors (Lipinski definition) is 4. The molecule has 0 aromatic heterocycles. The van der Waals surface area contributed by atoms with E-state index in [9.17, 15) is 9.59 Å². The van der Waals surface area contributed by atoms with Gasteiger partial charge in [-0.15, -0.1) is 0 Å². The Bertz CT molecular complexity index is 2610. The fourth-order valence-electron chi connectivity index (χ4n) is 9.27. The fraction of sp³-hybridized carbons (Fsp3) is 0.242. The number of unbranched alkanes of at least 4 members (excludes halogenated alkanes) is 9. The van der Waals surface area contributed by atoms with Gasteiger partial charge in [-0.1, -0.05) is 160 Å². The molecule has 0 aliphatic carbocycles. The number of para-hydroxylation sites is 4. The second kappa shape index (κ2) is 30.3. The molecule has 6 N–H and O–H groups in total. The summed E-state index contributed by atoms with van der Waals surface area (Å²) in [7, 11) is 0. The monoisotopic (exact) mass is 1010 g/mol. The van der Waals surface area contributed by atoms with E-state index in [2.05, 4.69) is 104 Å². The van der Waals surface area contributed by atoms with Gasteiger partial charge in [0.25, 0.3) is 0 Å². The summed E-state index contributed by atoms with van der Waals surface area (Å²) < 4.78 is 11.1. The van der Waals surface area contributed by atoms with Gasteiger partial charge < -0.3 is 29.9 Å². The Morgan fingerprint density at radius 1 is 0.316 bits per heavy atom. The molecule has 8 rings (SSSR count). The van der Waals surface area contributed by atoms with Crippen LogP contribution in [0.25, 0.3) is 0 Å². The highest BCUT2D eigenvalue weighted by molar-refractivity contribution is 5.87. The van der Waals surface area contributed by atoms with Crippen LogP contribution in [0.3, 0.4) is 0 Å². The average molecular weight is 1020 g/mol. The standard InChI is InChI=1S/C66H72N6O4/c73-65(69-57-39-43-63(44-40-57)71(59-23-13-9-14-24-59)60-25-15-10-16-26-60)75-51-55-35-31-53(32-36-55)49-67-47-21-7-5-3-1-2-4-6-8-22-48-68-50-54-33-37-56(38-34-54)52-76-66(74)70-58-41-45-64(46-42-58)72(61-27-17-11-18-28-61)62-29-19-12-20-30-62/h9-20,23-46,67-68H,1-8,21-22,47-52H2,(H,69,73)(H,70,74)/p+2. The van der Waals surface area contributed by atoms with E-state index >= 15 is 0 Å². The van der Waals surface area contributed by atoms with Gasteiger partial charge >= 0.3 is 12.2 Å². The van der Waals surface area contributed by atoms with Crippen LogP contribution in [0.2, 0.25) is 0 Å². The summed E-state index contributed by atoms with van der Waals surface area (Å²) >= 11 is 0. The lowest BCUT2D eigenvalue weighted by molar-refractivity contribution is -0.671. The maximum absolute atomic E-state index is 12.7. The van der Waals surface area contributed by atoms with Crippen molar-refractivity contribution in [2.24, 2.45) is 0 Å². The van der Waals surface area contributed by atoms with Crippen molar-refractivity contribution in [1.29, 1.82) is 0 Å². The van der Waals surface area contributed by atoms with E-state index < -0.39 is 12.2 Å². The van der Waals surface area contributed by atoms with E-state index in [-0.39, 0.29) is 13.2 Å². The Kier molecular flexibility index (Phi) is 21.5. The molecule has 0 bridgehead atoms. The molecular formula is C66H74N6O4+2. The van der Waals surface area contributed by atoms with Gasteiger partial charge in [0.1, 0.15) is 26.3 Å². The SMILES string of the molecule is O=C(Nc1ccc(N(c2ccccc2)c2ccccc2)cc1)OCc1ccc(C[NH2+]CCCCCCCCCCCC[NH2+]Cc2ccc(COC(=O)Nc3ccc(N(c4ccccc4)c4ccccc4)cc3)cc2)cc1. The third-order valence-electron chi connectivity index (χ3n) is 13.4. The van der Waals surface area contributed by atoms with Crippen LogP contribution in [0.4, 0.5) is 55.1 Å². The largest absolute Gasteiger partial charge is 0.444 e. The van der Waals surface area contributed by atoms with E-state index in [1.165, 1.54) is 75.3 Å². The van der Waals surface area contributed by atoms with Gasteiger partial charge in [-0.25, -0.2) is 9.59 Å². The van der Waals surface area contributed by atoms with Gasteiger partial charge in [0.15, 0.2) is 0 Å². The molecule has 0 radical (unpaired) electrons. The zero-order valence-electron chi connectivity index (χ0n) is 43.8. The lowest BCUT2D eigenvalue weighted by Crippen LogP contribution is -2.82. The smallest absolute Gasteiger partial charge is 0.411 e. The van der Waals surface area contributed by atoms with Crippen LogP contribution in [0, 0.1) is 0 Å². The van der Waals surface area contributed by atoms with E-state index in [0.717, 1.165) is 71.4 Å². The molecule has 0 fully saturated rings. The molecule has 0 unspecified atom stereocenters. The molecular weight excluding hydrogens is 941 g/mol. The molecule has 390 valence electrons. The molecule has 0 saturated carbocycles. The van der Waals surface area contributed by atoms with Crippen molar-refractivity contribution in [2.45, 2.75) is 90.5 Å². The second-order valence-electron chi connectivity index (χ2n) is 19.2. The van der Waals surface area contributed by atoms with E-state index in [4.69, 9.17) is 9.47 Å². The van der Waals surface area contributed by atoms with Gasteiger partial charge in [-0.05, 0) is 134 Å². The van der Waals surface area contributed by atoms with Crippen LogP contribution >= 0.6 is 0 Å². The maximum atomic E-state index is 12.7. The highest BCUT2D eigenvalue weighted by Gasteiger charge is 2.15. The van der Waals surface area contributed by atoms with Crippen molar-refractivity contribution >= 4 is 57.7 Å². The number of hydrogen-bond acceptors (Lipinski definition) is 6. The van der Waals surface area contributed by atoms with E-state index in [1.54, 1.807) is 0 Å². The lowest BCUT2D eigenvalue weighted by atomic mass is 10.1. The van der Waals surface area contributed by atoms with Crippen LogP contribution in [-0.4, -0.2) is 25.3 Å². The number of carbonyl (C=O) groups excluding carboxylic acids is 2. The molecule has 10 nitrogen and oxygen atoms in total. The summed E-state index contributed by atoms with van der Waals surface area (Å²) in [5.41, 5.74) is 12.1. The van der Waals surface area contributed by atoms with Crippen molar-refractivity contribution in [3.05, 3.63) is 241 Å². The van der Waals surface area contributed by atoms with Crippen LogP contribution < -0.4 is 31.1 Å². The first-order valence-corrected chi connectivity index (χ1v) is 27.2. The van der Waals surface area contributed by atoms with Crippen molar-refractivity contribution in [1.82, 2.24) is 0 Å². The molecule has 8 aromatic carbocycles. The predicted octanol–water partition coefficient (Wildman–Crippen LogP) is 14.9. The van der Waals surface area contributed by atoms with Crippen molar-refractivity contribution in [3.63, 3.8) is 0 Å². The molecule has 76 heavy (non-hydrogen) atoms. The van der Waals surface area contributed by atoms with Crippen LogP contribution in [0.1, 0.15) is 86.5 Å². The molecule has 0 atom stereocenters. The Hall–Kier alpha value is -8.18. The highest BCUT2D eigenvalue weighted by Crippen LogP contribution is 2.36. The van der Waals surface area contributed by atoms with Crippen LogP contribution in [0.15, 0.2) is 218 Å². The molecule has 10 heteroatoms. The van der Waals surface area contributed by atoms with Gasteiger partial charge in [-0.3, -0.25) is 10.6 Å². The maximum Gasteiger partial charge on any atom is 0.411 e. The first-order valence-electron chi connectivity index (χ1n) is 27.2. The molecule has 0 spiro atoms. The van der Waals surface area contributed by atoms with Crippen LogP contribution in [0.5, 0.6) is 0 Å². The third kappa shape index (κ3) is 17.8. The number of carbonyl (C=O) groups is 2. The molecule has 0 aliphatic rings. The molecule has 0 aliphatic heterocycles. The minimum absolute atomic E-state index is 0.217. The first kappa shape index (κ1) is 54.1. The number of rotatable bonds is 29. The highest BCUT2D eigenvalue weighted by atomic mass is 16.6. The van der Waals surface area contributed by atoms with E-state index in [1.807, 2.05) is 146 Å². The number of anilines is 8. The second-order valence-corrected chi connectivity index (χ2v) is 19.2. The molecule has 0 saturated heterocycles. The van der Waals surface area contributed by atoms with E-state index in [0.29, 0.717) is 11.4 Å². The fourth-order valence-corrected chi connectivity index (χ4v) is 9.27. The van der Waals surface area contributed by atoms with Gasteiger partial charge in [0.05, 0.1) is 13.1 Å². The molecule has 0 heterocycles. The number of nitrogens with one attached hydrogen (secondary N) is 2. The topological polar surface area (TPSA) is 116 Å². The summed E-state index contributed by atoms with van der Waals surface area (Å²) in [6, 6.07) is 73.2. The Labute approximate surface area is 450 Å². The Morgan fingerprint density at radius 2 is 0.579 bits per heavy atom. The summed E-state index contributed by atoms with van der Waals surface area (Å²) in [4.78, 5) is 29.7. The zero-order chi connectivity index (χ0) is 52.2. The molecule has 2 amide bonds. The van der Waals surface area contributed by atoms with Gasteiger partial charge in [0.2, 0.25) is 0 Å². The van der Waals surface area contributed by atoms with Gasteiger partial charge in [-0.2, -0.15) is 0 Å². The van der Waals surface area contributed by atoms with Gasteiger partial charge in [0, 0.05) is 56.6 Å². The first-order chi connectivity index (χ1) is 37.5. The third-order valence-corrected chi connectivity index (χ3v) is 13.4. The summed E-state index contributed by atoms with van der Waals surface area (Å²) in [6.45, 7) is 4.63. The Morgan fingerprint density at radius 3 is 0.882 bits per heavy atom. The van der Waals surface area contributed by atoms with Crippen molar-refractivity contribution in [2.75, 3.05) is 33.5 Å². The predicted molar refractivity (Wildman–Crippen MR) is 310 cm³/mol. The van der Waals surface area contributed by atoms with Crippen LogP contribution in [-0.2, 0) is 35.8 Å². The zero-order valence-corrected chi connectivity index (χ0v) is 43.8. The van der Waals surface area contributed by atoms with Crippen molar-refractivity contribution < 1.29 is 29.7 Å². The summed E-state index contributed by atoms with van der Waals surface area (Å²) in [5.74, 6) is 0. The normalized spacial score (nSPS) is 10.9.